The largest absolute Gasteiger partial charge is 0.466 e. The van der Waals surface area contributed by atoms with E-state index in [2.05, 4.69) is 11.9 Å². The van der Waals surface area contributed by atoms with Gasteiger partial charge in [0.15, 0.2) is 0 Å². The number of esters is 2. The zero-order valence-electron chi connectivity index (χ0n) is 14.8. The Balaban J connectivity index is 4.37. The van der Waals surface area contributed by atoms with E-state index in [4.69, 9.17) is 14.2 Å². The molecule has 0 radical (unpaired) electrons. The number of hydrogen-bond donors (Lipinski definition) is 1. The van der Waals surface area contributed by atoms with E-state index in [0.717, 1.165) is 0 Å². The number of hydrogen-bond acceptors (Lipinski definition) is 7. The first-order valence-electron chi connectivity index (χ1n) is 7.64. The first kappa shape index (κ1) is 22.3. The maximum absolute atomic E-state index is 12.0. The van der Waals surface area contributed by atoms with Crippen LogP contribution >= 0.6 is 11.8 Å². The number of ether oxygens (including phenoxy) is 3. The van der Waals surface area contributed by atoms with Crippen molar-refractivity contribution in [2.24, 2.45) is 0 Å². The van der Waals surface area contributed by atoms with Gasteiger partial charge in [-0.1, -0.05) is 12.7 Å². The van der Waals surface area contributed by atoms with Crippen molar-refractivity contribution in [3.63, 3.8) is 0 Å². The van der Waals surface area contributed by atoms with Crippen molar-refractivity contribution in [2.45, 2.75) is 45.8 Å². The highest BCUT2D eigenvalue weighted by atomic mass is 32.2. The van der Waals surface area contributed by atoms with Crippen molar-refractivity contribution < 1.29 is 28.6 Å². The molecule has 0 rings (SSSR count). The fourth-order valence-corrected chi connectivity index (χ4v) is 2.38. The van der Waals surface area contributed by atoms with Crippen LogP contribution < -0.4 is 5.32 Å². The monoisotopic (exact) mass is 361 g/mol. The van der Waals surface area contributed by atoms with Gasteiger partial charge in [0.1, 0.15) is 18.2 Å². The zero-order chi connectivity index (χ0) is 18.6. The van der Waals surface area contributed by atoms with E-state index in [0.29, 0.717) is 24.5 Å². The van der Waals surface area contributed by atoms with Crippen LogP contribution in [0.5, 0.6) is 0 Å². The summed E-state index contributed by atoms with van der Waals surface area (Å²) in [6.45, 7) is 10.4. The number of thioether (sulfide) groups is 1. The molecule has 0 unspecified atom stereocenters. The Morgan fingerprint density at radius 3 is 2.46 bits per heavy atom. The van der Waals surface area contributed by atoms with E-state index in [1.165, 1.54) is 24.8 Å². The van der Waals surface area contributed by atoms with Crippen LogP contribution in [0, 0.1) is 0 Å². The van der Waals surface area contributed by atoms with Gasteiger partial charge in [0.2, 0.25) is 0 Å². The second-order valence-electron chi connectivity index (χ2n) is 5.89. The minimum atomic E-state index is -0.821. The van der Waals surface area contributed by atoms with E-state index in [9.17, 15) is 14.4 Å². The number of amides is 1. The lowest BCUT2D eigenvalue weighted by Gasteiger charge is -2.22. The van der Waals surface area contributed by atoms with Crippen LogP contribution in [0.1, 0.15) is 34.1 Å². The lowest BCUT2D eigenvalue weighted by atomic mass is 10.2. The van der Waals surface area contributed by atoms with Gasteiger partial charge in [0.25, 0.3) is 0 Å². The highest BCUT2D eigenvalue weighted by Gasteiger charge is 2.25. The second kappa shape index (κ2) is 11.8. The molecule has 0 aliphatic carbocycles. The molecule has 0 saturated carbocycles. The van der Waals surface area contributed by atoms with Gasteiger partial charge in [-0.25, -0.2) is 9.59 Å². The van der Waals surface area contributed by atoms with Crippen LogP contribution in [0.15, 0.2) is 12.7 Å². The van der Waals surface area contributed by atoms with Gasteiger partial charge in [0, 0.05) is 12.7 Å². The predicted octanol–water partition coefficient (Wildman–Crippen LogP) is 2.30. The summed E-state index contributed by atoms with van der Waals surface area (Å²) < 4.78 is 15.0. The van der Waals surface area contributed by atoms with Crippen LogP contribution in [-0.4, -0.2) is 54.4 Å². The number of carbonyl (C=O) groups excluding carboxylic acids is 3. The Hall–Kier alpha value is -1.70. The van der Waals surface area contributed by atoms with Crippen LogP contribution in [0.2, 0.25) is 0 Å². The molecule has 7 nitrogen and oxygen atoms in total. The molecule has 0 bridgehead atoms. The third-order valence-corrected chi connectivity index (χ3v) is 3.49. The van der Waals surface area contributed by atoms with Gasteiger partial charge in [-0.2, -0.15) is 11.8 Å². The molecule has 138 valence electrons. The van der Waals surface area contributed by atoms with Gasteiger partial charge in [-0.3, -0.25) is 4.79 Å². The lowest BCUT2D eigenvalue weighted by Crippen LogP contribution is -2.45. The fourth-order valence-electron chi connectivity index (χ4n) is 1.44. The molecule has 1 atom stereocenters. The van der Waals surface area contributed by atoms with Crippen molar-refractivity contribution >= 4 is 29.8 Å². The van der Waals surface area contributed by atoms with Crippen molar-refractivity contribution in [2.75, 3.05) is 24.7 Å². The van der Waals surface area contributed by atoms with E-state index >= 15 is 0 Å². The van der Waals surface area contributed by atoms with Crippen molar-refractivity contribution in [3.8, 4) is 0 Å². The summed E-state index contributed by atoms with van der Waals surface area (Å²) in [4.78, 5) is 34.5. The number of rotatable bonds is 10. The van der Waals surface area contributed by atoms with Gasteiger partial charge in [-0.15, -0.1) is 0 Å². The summed E-state index contributed by atoms with van der Waals surface area (Å²) in [6, 6.07) is -0.821. The Morgan fingerprint density at radius 2 is 1.92 bits per heavy atom. The summed E-state index contributed by atoms with van der Waals surface area (Å²) in [7, 11) is 0. The number of carbonyl (C=O) groups is 3. The summed E-state index contributed by atoms with van der Waals surface area (Å²) in [6.07, 6.45) is 1.43. The van der Waals surface area contributed by atoms with Crippen LogP contribution in [0.25, 0.3) is 0 Å². The van der Waals surface area contributed by atoms with Crippen LogP contribution in [0.3, 0.4) is 0 Å². The topological polar surface area (TPSA) is 90.9 Å². The first-order valence-corrected chi connectivity index (χ1v) is 8.79. The van der Waals surface area contributed by atoms with Crippen molar-refractivity contribution in [1.82, 2.24) is 5.32 Å². The third-order valence-electron chi connectivity index (χ3n) is 2.34. The average Bonchev–Trinajstić information content (AvgIpc) is 2.44. The first-order chi connectivity index (χ1) is 11.2. The lowest BCUT2D eigenvalue weighted by molar-refractivity contribution is -0.144. The summed E-state index contributed by atoms with van der Waals surface area (Å²) in [5, 5.41) is 2.52. The molecule has 0 aliphatic heterocycles. The molecular weight excluding hydrogens is 334 g/mol. The van der Waals surface area contributed by atoms with E-state index in [1.54, 1.807) is 20.8 Å². The summed E-state index contributed by atoms with van der Waals surface area (Å²) in [5.41, 5.74) is -0.656. The molecule has 0 aromatic rings. The Morgan fingerprint density at radius 1 is 1.25 bits per heavy atom. The van der Waals surface area contributed by atoms with Crippen molar-refractivity contribution in [3.05, 3.63) is 12.7 Å². The minimum Gasteiger partial charge on any atom is -0.466 e. The minimum absolute atomic E-state index is 0.0719. The van der Waals surface area contributed by atoms with E-state index < -0.39 is 23.7 Å². The van der Waals surface area contributed by atoms with Crippen LogP contribution in [0.4, 0.5) is 4.79 Å². The quantitative estimate of drug-likeness (QED) is 0.276. The van der Waals surface area contributed by atoms with Crippen molar-refractivity contribution in [1.29, 1.82) is 0 Å². The number of alkyl carbamates (subject to hydrolysis) is 1. The predicted molar refractivity (Wildman–Crippen MR) is 92.9 cm³/mol. The highest BCUT2D eigenvalue weighted by molar-refractivity contribution is 7.99. The highest BCUT2D eigenvalue weighted by Crippen LogP contribution is 2.10. The molecule has 1 amide bonds. The summed E-state index contributed by atoms with van der Waals surface area (Å²) in [5.74, 6) is 0.134. The molecule has 0 fully saturated rings. The van der Waals surface area contributed by atoms with Gasteiger partial charge in [0.05, 0.1) is 6.61 Å². The molecule has 24 heavy (non-hydrogen) atoms. The Kier molecular flexibility index (Phi) is 10.9. The standard InChI is InChI=1S/C16H27NO6S/c1-6-8-22-14(19)13(17-15(20)23-16(3,4)5)11-24-10-7-9-21-12(2)18/h6,13H,1,7-11H2,2-5H3,(H,17,20)/t13-/m0/s1. The smallest absolute Gasteiger partial charge is 0.408 e. The number of nitrogens with one attached hydrogen (secondary N) is 1. The Bertz CT molecular complexity index is 433. The molecule has 0 aromatic carbocycles. The molecule has 0 heterocycles. The molecule has 0 aromatic heterocycles. The van der Waals surface area contributed by atoms with E-state index in [-0.39, 0.29) is 12.6 Å². The summed E-state index contributed by atoms with van der Waals surface area (Å²) >= 11 is 1.45. The van der Waals surface area contributed by atoms with E-state index in [1.807, 2.05) is 0 Å². The maximum atomic E-state index is 12.0. The second-order valence-corrected chi connectivity index (χ2v) is 7.04. The molecule has 0 aliphatic rings. The SMILES string of the molecule is C=CCOC(=O)[C@H](CSCCCOC(C)=O)NC(=O)OC(C)(C)C. The fraction of sp³-hybridized carbons (Fsp3) is 0.688. The van der Waals surface area contributed by atoms with Gasteiger partial charge >= 0.3 is 18.0 Å². The van der Waals surface area contributed by atoms with Gasteiger partial charge < -0.3 is 19.5 Å². The molecule has 0 spiro atoms. The Labute approximate surface area is 147 Å². The molecular formula is C16H27NO6S. The van der Waals surface area contributed by atoms with Crippen LogP contribution in [-0.2, 0) is 23.8 Å². The molecule has 0 saturated heterocycles. The average molecular weight is 361 g/mol. The third kappa shape index (κ3) is 12.8. The molecule has 8 heteroatoms. The molecule has 1 N–H and O–H groups in total. The normalized spacial score (nSPS) is 12.0. The van der Waals surface area contributed by atoms with Gasteiger partial charge in [-0.05, 0) is 32.9 Å². The zero-order valence-corrected chi connectivity index (χ0v) is 15.6. The maximum Gasteiger partial charge on any atom is 0.408 e.